The highest BCUT2D eigenvalue weighted by atomic mass is 19.4. The predicted octanol–water partition coefficient (Wildman–Crippen LogP) is 2.94. The lowest BCUT2D eigenvalue weighted by Gasteiger charge is -2.08. The number of hydrogen-bond acceptors (Lipinski definition) is 4. The van der Waals surface area contributed by atoms with E-state index >= 15 is 0 Å². The molecule has 0 saturated carbocycles. The van der Waals surface area contributed by atoms with Gasteiger partial charge in [-0.05, 0) is 17.5 Å². The van der Waals surface area contributed by atoms with Crippen LogP contribution in [0.1, 0.15) is 47.2 Å². The van der Waals surface area contributed by atoms with Crippen molar-refractivity contribution in [1.82, 2.24) is 20.3 Å². The average molecular weight is 324 g/mol. The zero-order chi connectivity index (χ0) is 17.0. The molecule has 122 valence electrons. The van der Waals surface area contributed by atoms with Gasteiger partial charge in [-0.3, -0.25) is 9.78 Å². The Labute approximate surface area is 131 Å². The third-order valence-corrected chi connectivity index (χ3v) is 3.13. The maximum atomic E-state index is 12.4. The summed E-state index contributed by atoms with van der Waals surface area (Å²) in [5.41, 5.74) is 0.299. The van der Waals surface area contributed by atoms with Gasteiger partial charge in [-0.15, -0.1) is 0 Å². The van der Waals surface area contributed by atoms with Gasteiger partial charge in [-0.25, -0.2) is 9.97 Å². The van der Waals surface area contributed by atoms with E-state index in [2.05, 4.69) is 20.3 Å². The van der Waals surface area contributed by atoms with Crippen LogP contribution in [-0.2, 0) is 12.7 Å². The van der Waals surface area contributed by atoms with Gasteiger partial charge in [0, 0.05) is 18.6 Å². The molecule has 0 fully saturated rings. The van der Waals surface area contributed by atoms with Gasteiger partial charge in [0.25, 0.3) is 5.91 Å². The molecule has 23 heavy (non-hydrogen) atoms. The maximum Gasteiger partial charge on any atom is 0.419 e. The van der Waals surface area contributed by atoms with E-state index < -0.39 is 17.6 Å². The molecule has 0 atom stereocenters. The van der Waals surface area contributed by atoms with Gasteiger partial charge in [0.1, 0.15) is 11.5 Å². The summed E-state index contributed by atoms with van der Waals surface area (Å²) in [4.78, 5) is 23.1. The van der Waals surface area contributed by atoms with Gasteiger partial charge in [0.2, 0.25) is 0 Å². The Bertz CT molecular complexity index is 667. The Kier molecular flexibility index (Phi) is 4.92. The summed E-state index contributed by atoms with van der Waals surface area (Å²) < 4.78 is 37.2. The van der Waals surface area contributed by atoms with Gasteiger partial charge in [0.15, 0.2) is 0 Å². The summed E-state index contributed by atoms with van der Waals surface area (Å²) in [5.74, 6) is -0.0471. The van der Waals surface area contributed by atoms with Crippen molar-refractivity contribution in [2.45, 2.75) is 32.5 Å². The molecule has 0 aliphatic heterocycles. The number of hydrogen-bond donors (Lipinski definition) is 1. The molecule has 8 heteroatoms. The zero-order valence-corrected chi connectivity index (χ0v) is 12.6. The normalized spacial score (nSPS) is 11.6. The van der Waals surface area contributed by atoms with Gasteiger partial charge in [-0.1, -0.05) is 19.9 Å². The van der Waals surface area contributed by atoms with Crippen LogP contribution in [0.15, 0.2) is 30.7 Å². The first-order chi connectivity index (χ1) is 10.8. The van der Waals surface area contributed by atoms with E-state index in [1.165, 1.54) is 0 Å². The second-order valence-corrected chi connectivity index (χ2v) is 5.20. The summed E-state index contributed by atoms with van der Waals surface area (Å²) in [6, 6.07) is 3.40. The van der Waals surface area contributed by atoms with Crippen LogP contribution in [0.4, 0.5) is 13.2 Å². The number of carbonyl (C=O) groups excluding carboxylic acids is 1. The number of rotatable bonds is 4. The first-order valence-electron chi connectivity index (χ1n) is 6.89. The monoisotopic (exact) mass is 324 g/mol. The van der Waals surface area contributed by atoms with Crippen molar-refractivity contribution < 1.29 is 18.0 Å². The third-order valence-electron chi connectivity index (χ3n) is 3.13. The molecule has 0 radical (unpaired) electrons. The fourth-order valence-corrected chi connectivity index (χ4v) is 1.72. The van der Waals surface area contributed by atoms with Crippen molar-refractivity contribution in [3.63, 3.8) is 0 Å². The van der Waals surface area contributed by atoms with Crippen molar-refractivity contribution in [2.24, 2.45) is 0 Å². The number of amides is 1. The molecule has 0 aliphatic rings. The summed E-state index contributed by atoms with van der Waals surface area (Å²) in [6.45, 7) is 3.95. The fraction of sp³-hybridized carbons (Fsp3) is 0.333. The molecule has 0 aromatic carbocycles. The number of nitrogens with one attached hydrogen (secondary N) is 1. The highest BCUT2D eigenvalue weighted by Crippen LogP contribution is 2.27. The number of pyridine rings is 1. The second-order valence-electron chi connectivity index (χ2n) is 5.20. The van der Waals surface area contributed by atoms with Crippen molar-refractivity contribution >= 4 is 5.91 Å². The Morgan fingerprint density at radius 3 is 2.26 bits per heavy atom. The van der Waals surface area contributed by atoms with Crippen LogP contribution in [0.3, 0.4) is 0 Å². The van der Waals surface area contributed by atoms with Crippen molar-refractivity contribution in [3.8, 4) is 0 Å². The molecule has 0 unspecified atom stereocenters. The Morgan fingerprint density at radius 2 is 1.78 bits per heavy atom. The SMILES string of the molecule is CC(C)c1ccc(C(=O)NCc2ncc(C(F)(F)F)cn2)nc1. The lowest BCUT2D eigenvalue weighted by molar-refractivity contribution is -0.138. The summed E-state index contributed by atoms with van der Waals surface area (Å²) in [7, 11) is 0. The molecule has 2 heterocycles. The molecule has 0 saturated heterocycles. The summed E-state index contributed by atoms with van der Waals surface area (Å²) in [5, 5.41) is 2.51. The minimum Gasteiger partial charge on any atom is -0.343 e. The van der Waals surface area contributed by atoms with Crippen LogP contribution in [0.25, 0.3) is 0 Å². The Morgan fingerprint density at radius 1 is 1.13 bits per heavy atom. The lowest BCUT2D eigenvalue weighted by Crippen LogP contribution is -2.25. The number of halogens is 3. The summed E-state index contributed by atoms with van der Waals surface area (Å²) >= 11 is 0. The highest BCUT2D eigenvalue weighted by molar-refractivity contribution is 5.92. The molecular weight excluding hydrogens is 309 g/mol. The Hall–Kier alpha value is -2.51. The van der Waals surface area contributed by atoms with Crippen molar-refractivity contribution in [2.75, 3.05) is 0 Å². The number of alkyl halides is 3. The van der Waals surface area contributed by atoms with Gasteiger partial charge < -0.3 is 5.32 Å². The van der Waals surface area contributed by atoms with Crippen molar-refractivity contribution in [3.05, 3.63) is 53.4 Å². The molecule has 0 bridgehead atoms. The molecule has 5 nitrogen and oxygen atoms in total. The average Bonchev–Trinajstić information content (AvgIpc) is 2.52. The number of nitrogens with zero attached hydrogens (tertiary/aromatic N) is 3. The van der Waals surface area contributed by atoms with Crippen molar-refractivity contribution in [1.29, 1.82) is 0 Å². The van der Waals surface area contributed by atoms with E-state index in [4.69, 9.17) is 0 Å². The van der Waals surface area contributed by atoms with E-state index in [1.54, 1.807) is 18.3 Å². The van der Waals surface area contributed by atoms with E-state index in [0.29, 0.717) is 18.3 Å². The van der Waals surface area contributed by atoms with E-state index in [1.807, 2.05) is 13.8 Å². The standard InChI is InChI=1S/C15H15F3N4O/c1-9(2)10-3-4-12(19-5-10)14(23)22-8-13-20-6-11(7-21-13)15(16,17)18/h3-7,9H,8H2,1-2H3,(H,22,23). The highest BCUT2D eigenvalue weighted by Gasteiger charge is 2.31. The van der Waals surface area contributed by atoms with Gasteiger partial charge in [-0.2, -0.15) is 13.2 Å². The van der Waals surface area contributed by atoms with Gasteiger partial charge >= 0.3 is 6.18 Å². The molecule has 2 aromatic heterocycles. The topological polar surface area (TPSA) is 67.8 Å². The molecule has 0 spiro atoms. The molecule has 2 aromatic rings. The second kappa shape index (κ2) is 6.72. The minimum atomic E-state index is -4.48. The van der Waals surface area contributed by atoms with Gasteiger partial charge in [0.05, 0.1) is 12.1 Å². The zero-order valence-electron chi connectivity index (χ0n) is 12.6. The molecule has 1 N–H and O–H groups in total. The van der Waals surface area contributed by atoms with Crippen LogP contribution in [0.5, 0.6) is 0 Å². The number of carbonyl (C=O) groups is 1. The minimum absolute atomic E-state index is 0.0788. The number of aromatic nitrogens is 3. The van der Waals surface area contributed by atoms with E-state index in [9.17, 15) is 18.0 Å². The first-order valence-corrected chi connectivity index (χ1v) is 6.89. The Balaban J connectivity index is 1.96. The maximum absolute atomic E-state index is 12.4. The van der Waals surface area contributed by atoms with E-state index in [-0.39, 0.29) is 18.1 Å². The smallest absolute Gasteiger partial charge is 0.343 e. The largest absolute Gasteiger partial charge is 0.419 e. The van der Waals surface area contributed by atoms with Crippen LogP contribution < -0.4 is 5.32 Å². The lowest BCUT2D eigenvalue weighted by atomic mass is 10.1. The quantitative estimate of drug-likeness (QED) is 0.939. The van der Waals surface area contributed by atoms with Crippen LogP contribution in [0.2, 0.25) is 0 Å². The predicted molar refractivity (Wildman–Crippen MR) is 76.5 cm³/mol. The summed E-state index contributed by atoms with van der Waals surface area (Å²) in [6.07, 6.45) is -1.49. The van der Waals surface area contributed by atoms with Crippen LogP contribution in [-0.4, -0.2) is 20.9 Å². The first kappa shape index (κ1) is 16.9. The third kappa shape index (κ3) is 4.48. The van der Waals surface area contributed by atoms with Crippen LogP contribution in [0, 0.1) is 0 Å². The molecule has 2 rings (SSSR count). The van der Waals surface area contributed by atoms with Crippen LogP contribution >= 0.6 is 0 Å². The van der Waals surface area contributed by atoms with E-state index in [0.717, 1.165) is 5.56 Å². The molecular formula is C15H15F3N4O. The molecule has 1 amide bonds. The fourth-order valence-electron chi connectivity index (χ4n) is 1.72. The molecule has 0 aliphatic carbocycles.